The summed E-state index contributed by atoms with van der Waals surface area (Å²) in [6.45, 7) is 8.97. The lowest BCUT2D eigenvalue weighted by molar-refractivity contribution is 0.540. The minimum atomic E-state index is 0.513. The molecule has 2 heteroatoms. The van der Waals surface area contributed by atoms with Crippen LogP contribution in [0.15, 0.2) is 93.8 Å². The van der Waals surface area contributed by atoms with E-state index >= 15 is 0 Å². The van der Waals surface area contributed by atoms with Crippen molar-refractivity contribution < 1.29 is 8.83 Å². The van der Waals surface area contributed by atoms with E-state index < -0.39 is 0 Å². The van der Waals surface area contributed by atoms with Crippen molar-refractivity contribution in [2.45, 2.75) is 52.4 Å². The molecule has 2 heterocycles. The Kier molecular flexibility index (Phi) is 5.07. The van der Waals surface area contributed by atoms with E-state index in [0.717, 1.165) is 40.7 Å². The molecule has 2 nitrogen and oxygen atoms in total. The molecule has 5 aromatic rings. The second kappa shape index (κ2) is 8.60. The van der Waals surface area contributed by atoms with Crippen molar-refractivity contribution in [3.05, 3.63) is 113 Å². The predicted octanol–water partition coefficient (Wildman–Crippen LogP) is 10.2. The van der Waals surface area contributed by atoms with Crippen LogP contribution in [0.4, 0.5) is 0 Å². The van der Waals surface area contributed by atoms with Gasteiger partial charge in [0.25, 0.3) is 0 Å². The highest BCUT2D eigenvalue weighted by Gasteiger charge is 2.28. The summed E-state index contributed by atoms with van der Waals surface area (Å²) in [6, 6.07) is 31.2. The third-order valence-electron chi connectivity index (χ3n) is 9.00. The second-order valence-corrected chi connectivity index (χ2v) is 12.0. The molecule has 0 bridgehead atoms. The van der Waals surface area contributed by atoms with Gasteiger partial charge in [0.1, 0.15) is 22.5 Å². The Morgan fingerprint density at radius 2 is 1.12 bits per heavy atom. The van der Waals surface area contributed by atoms with E-state index in [1.807, 2.05) is 0 Å². The van der Waals surface area contributed by atoms with Crippen LogP contribution >= 0.6 is 0 Å². The monoisotopic (exact) mass is 520 g/mol. The quantitative estimate of drug-likeness (QED) is 0.170. The largest absolute Gasteiger partial charge is 0.460 e. The first kappa shape index (κ1) is 23.6. The first-order valence-electron chi connectivity index (χ1n) is 14.5. The minimum absolute atomic E-state index is 0.513. The van der Waals surface area contributed by atoms with Crippen LogP contribution in [-0.2, 0) is 6.42 Å². The van der Waals surface area contributed by atoms with E-state index in [9.17, 15) is 0 Å². The van der Waals surface area contributed by atoms with Gasteiger partial charge in [0.05, 0.1) is 0 Å². The lowest BCUT2D eigenvalue weighted by Gasteiger charge is -2.24. The molecule has 0 aromatic heterocycles. The zero-order chi connectivity index (χ0) is 27.1. The molecule has 0 N–H and O–H groups in total. The van der Waals surface area contributed by atoms with Crippen molar-refractivity contribution in [3.63, 3.8) is 0 Å². The van der Waals surface area contributed by atoms with Crippen LogP contribution in [0.25, 0.3) is 60.7 Å². The van der Waals surface area contributed by atoms with Crippen molar-refractivity contribution in [1.29, 1.82) is 0 Å². The normalized spacial score (nSPS) is 13.7. The Morgan fingerprint density at radius 1 is 0.525 bits per heavy atom. The molecular weight excluding hydrogens is 488 g/mol. The molecule has 0 saturated heterocycles. The molecule has 0 unspecified atom stereocenters. The van der Waals surface area contributed by atoms with Gasteiger partial charge in [-0.05, 0) is 86.5 Å². The van der Waals surface area contributed by atoms with Crippen LogP contribution in [0, 0.1) is 0 Å². The Bertz CT molecular complexity index is 2080. The van der Waals surface area contributed by atoms with Gasteiger partial charge >= 0.3 is 0 Å². The zero-order valence-electron chi connectivity index (χ0n) is 23.5. The topological polar surface area (TPSA) is 26.3 Å². The van der Waals surface area contributed by atoms with E-state index in [-0.39, 0.29) is 0 Å². The van der Waals surface area contributed by atoms with Crippen LogP contribution in [0.3, 0.4) is 0 Å². The van der Waals surface area contributed by atoms with Gasteiger partial charge < -0.3 is 8.83 Å². The molecule has 2 aliphatic heterocycles. The first-order valence-corrected chi connectivity index (χ1v) is 14.5. The van der Waals surface area contributed by atoms with Gasteiger partial charge in [-0.15, -0.1) is 0 Å². The maximum absolute atomic E-state index is 6.70. The van der Waals surface area contributed by atoms with Gasteiger partial charge in [-0.1, -0.05) is 88.4 Å². The Morgan fingerprint density at radius 3 is 1.82 bits per heavy atom. The molecule has 5 aromatic carbocycles. The van der Waals surface area contributed by atoms with Gasteiger partial charge in [-0.25, -0.2) is 0 Å². The van der Waals surface area contributed by atoms with E-state index in [2.05, 4.69) is 113 Å². The van der Waals surface area contributed by atoms with Crippen LogP contribution in [-0.4, -0.2) is 0 Å². The smallest absolute Gasteiger partial charge is 0.136 e. The van der Waals surface area contributed by atoms with Crippen molar-refractivity contribution in [3.8, 4) is 22.3 Å². The molecule has 8 rings (SSSR count). The van der Waals surface area contributed by atoms with Gasteiger partial charge in [0.15, 0.2) is 0 Å². The van der Waals surface area contributed by atoms with Crippen molar-refractivity contribution in [2.24, 2.45) is 0 Å². The zero-order valence-corrected chi connectivity index (χ0v) is 23.5. The van der Waals surface area contributed by atoms with E-state index in [1.165, 1.54) is 60.5 Å². The van der Waals surface area contributed by atoms with Gasteiger partial charge in [0, 0.05) is 28.3 Å². The lowest BCUT2D eigenvalue weighted by atomic mass is 9.84. The van der Waals surface area contributed by atoms with Gasteiger partial charge in [-0.2, -0.15) is 0 Å². The van der Waals surface area contributed by atoms with Gasteiger partial charge in [0.2, 0.25) is 0 Å². The summed E-state index contributed by atoms with van der Waals surface area (Å²) in [4.78, 5) is 0. The molecule has 40 heavy (non-hydrogen) atoms. The molecule has 0 radical (unpaired) electrons. The summed E-state index contributed by atoms with van der Waals surface area (Å²) in [5.74, 6) is 2.10. The van der Waals surface area contributed by atoms with Crippen LogP contribution in [0.1, 0.15) is 68.4 Å². The summed E-state index contributed by atoms with van der Waals surface area (Å²) < 4.78 is 13.3. The van der Waals surface area contributed by atoms with E-state index in [4.69, 9.17) is 8.83 Å². The fourth-order valence-corrected chi connectivity index (χ4v) is 6.79. The summed E-state index contributed by atoms with van der Waals surface area (Å²) in [6.07, 6.45) is 1.85. The fourth-order valence-electron chi connectivity index (χ4n) is 6.79. The highest BCUT2D eigenvalue weighted by molar-refractivity contribution is 6.21. The summed E-state index contributed by atoms with van der Waals surface area (Å²) in [7, 11) is 0. The average molecular weight is 521 g/mol. The molecule has 0 atom stereocenters. The molecule has 0 amide bonds. The van der Waals surface area contributed by atoms with Crippen molar-refractivity contribution >= 4 is 38.5 Å². The number of benzene rings is 5. The third-order valence-corrected chi connectivity index (χ3v) is 9.00. The molecule has 0 spiro atoms. The van der Waals surface area contributed by atoms with Crippen molar-refractivity contribution in [2.75, 3.05) is 0 Å². The van der Waals surface area contributed by atoms with E-state index in [1.54, 1.807) is 0 Å². The van der Waals surface area contributed by atoms with Gasteiger partial charge in [-0.3, -0.25) is 0 Å². The van der Waals surface area contributed by atoms with E-state index in [0.29, 0.717) is 11.8 Å². The number of aryl methyl sites for hydroxylation is 1. The SMILES string of the molecule is CC(C)c1ccc(C2=c3ccc4oc5ccc(-c6ccc(C(C)C)cc6)c6ccc7oc(c3c4-c7c56)CC2)cc1. The Labute approximate surface area is 234 Å². The third kappa shape index (κ3) is 3.35. The number of rotatable bonds is 4. The number of hydrogen-bond acceptors (Lipinski definition) is 2. The molecular formula is C38H32O2. The standard InChI is InChI=1S/C38H32O2/c1-21(2)23-5-9-25(10-6-23)27-13-17-31-35-29(27)15-19-33-37(35)38-34(39-31)20-16-30-28(14-18-32(40-33)36(30)38)26-11-7-24(8-12-26)22(3)4/h5-13,15-17,19-22H,14,18H2,1-4H3. The fraction of sp³-hybridized carbons (Fsp3) is 0.211. The van der Waals surface area contributed by atoms with Crippen LogP contribution < -0.4 is 5.22 Å². The first-order chi connectivity index (χ1) is 19.5. The van der Waals surface area contributed by atoms with Crippen molar-refractivity contribution in [1.82, 2.24) is 0 Å². The molecule has 196 valence electrons. The highest BCUT2D eigenvalue weighted by Crippen LogP contribution is 2.48. The summed E-state index contributed by atoms with van der Waals surface area (Å²) >= 11 is 0. The van der Waals surface area contributed by atoms with Crippen LogP contribution in [0.5, 0.6) is 0 Å². The average Bonchev–Trinajstić information content (AvgIpc) is 2.98. The highest BCUT2D eigenvalue weighted by atomic mass is 16.3. The summed E-state index contributed by atoms with van der Waals surface area (Å²) in [5, 5.41) is 4.83. The minimum Gasteiger partial charge on any atom is -0.460 e. The molecule has 3 aliphatic rings. The molecule has 1 aliphatic carbocycles. The maximum atomic E-state index is 6.70. The van der Waals surface area contributed by atoms with Crippen LogP contribution in [0.2, 0.25) is 0 Å². The number of hydrogen-bond donors (Lipinski definition) is 0. The predicted molar refractivity (Wildman–Crippen MR) is 166 cm³/mol. The maximum Gasteiger partial charge on any atom is 0.136 e. The lowest BCUT2D eigenvalue weighted by Crippen LogP contribution is -2.17. The summed E-state index contributed by atoms with van der Waals surface area (Å²) in [5.41, 5.74) is 13.0. The molecule has 0 fully saturated rings. The second-order valence-electron chi connectivity index (χ2n) is 12.0. The Hall–Kier alpha value is -4.30. The Balaban J connectivity index is 1.41. The molecule has 0 saturated carbocycles.